The fourth-order valence-corrected chi connectivity index (χ4v) is 1.92. The van der Waals surface area contributed by atoms with Crippen molar-refractivity contribution in [2.45, 2.75) is 0 Å². The van der Waals surface area contributed by atoms with Gasteiger partial charge in [0, 0.05) is 38.4 Å². The molecule has 0 saturated heterocycles. The monoisotopic (exact) mass is 258 g/mol. The van der Waals surface area contributed by atoms with Crippen LogP contribution in [0.25, 0.3) is 10.9 Å². The number of carbonyl (C=O) groups is 1. The quantitative estimate of drug-likeness (QED) is 0.844. The number of nitrogens with zero attached hydrogens (tertiary/aromatic N) is 3. The van der Waals surface area contributed by atoms with Crippen LogP contribution in [0.15, 0.2) is 30.5 Å². The summed E-state index contributed by atoms with van der Waals surface area (Å²) >= 11 is 0. The van der Waals surface area contributed by atoms with Gasteiger partial charge in [0.25, 0.3) is 0 Å². The van der Waals surface area contributed by atoms with Crippen LogP contribution in [0.3, 0.4) is 0 Å². The molecule has 0 bridgehead atoms. The van der Waals surface area contributed by atoms with Crippen molar-refractivity contribution in [3.63, 3.8) is 0 Å². The molecule has 2 rings (SSSR count). The van der Waals surface area contributed by atoms with Crippen LogP contribution in [0, 0.1) is 0 Å². The Labute approximate surface area is 112 Å². The highest BCUT2D eigenvalue weighted by Gasteiger charge is 2.13. The summed E-state index contributed by atoms with van der Waals surface area (Å²) in [5.41, 5.74) is 8.35. The van der Waals surface area contributed by atoms with Crippen molar-refractivity contribution in [2.75, 3.05) is 38.3 Å². The molecule has 2 N–H and O–H groups in total. The van der Waals surface area contributed by atoms with Gasteiger partial charge in [-0.15, -0.1) is 0 Å². The Bertz CT molecular complexity index is 609. The first-order chi connectivity index (χ1) is 9.00. The van der Waals surface area contributed by atoms with Crippen molar-refractivity contribution >= 4 is 28.2 Å². The average Bonchev–Trinajstić information content (AvgIpc) is 2.39. The molecule has 0 aliphatic heterocycles. The van der Waals surface area contributed by atoms with Gasteiger partial charge in [-0.05, 0) is 24.3 Å². The Kier molecular flexibility index (Phi) is 3.55. The highest BCUT2D eigenvalue weighted by molar-refractivity contribution is 5.99. The number of rotatable bonds is 3. The molecule has 0 aliphatic carbocycles. The fourth-order valence-electron chi connectivity index (χ4n) is 1.92. The summed E-state index contributed by atoms with van der Waals surface area (Å²) in [6.07, 6.45) is 1.73. The van der Waals surface area contributed by atoms with Crippen molar-refractivity contribution in [3.05, 3.63) is 30.5 Å². The number of nitrogens with two attached hydrogens (primary N) is 1. The first-order valence-electron chi connectivity index (χ1n) is 6.05. The van der Waals surface area contributed by atoms with Gasteiger partial charge < -0.3 is 15.5 Å². The van der Waals surface area contributed by atoms with Crippen LogP contribution in [-0.2, 0) is 4.79 Å². The van der Waals surface area contributed by atoms with Crippen LogP contribution in [0.2, 0.25) is 0 Å². The van der Waals surface area contributed by atoms with Crippen molar-refractivity contribution in [3.8, 4) is 0 Å². The van der Waals surface area contributed by atoms with E-state index in [-0.39, 0.29) is 5.91 Å². The Morgan fingerprint density at radius 2 is 2.00 bits per heavy atom. The number of anilines is 2. The largest absolute Gasteiger partial charge is 0.398 e. The highest BCUT2D eigenvalue weighted by atomic mass is 16.2. The zero-order chi connectivity index (χ0) is 14.0. The molecule has 0 atom stereocenters. The minimum atomic E-state index is 0.0448. The average molecular weight is 258 g/mol. The van der Waals surface area contributed by atoms with E-state index in [0.717, 1.165) is 16.6 Å². The Balaban J connectivity index is 2.40. The van der Waals surface area contributed by atoms with Crippen LogP contribution < -0.4 is 10.6 Å². The van der Waals surface area contributed by atoms with Gasteiger partial charge in [-0.1, -0.05) is 0 Å². The first-order valence-corrected chi connectivity index (χ1v) is 6.05. The summed E-state index contributed by atoms with van der Waals surface area (Å²) in [4.78, 5) is 19.6. The molecule has 0 fully saturated rings. The molecule has 100 valence electrons. The second-order valence-corrected chi connectivity index (χ2v) is 4.72. The van der Waals surface area contributed by atoms with E-state index in [1.807, 2.05) is 36.2 Å². The van der Waals surface area contributed by atoms with Crippen molar-refractivity contribution < 1.29 is 4.79 Å². The van der Waals surface area contributed by atoms with E-state index in [2.05, 4.69) is 4.98 Å². The van der Waals surface area contributed by atoms with E-state index in [9.17, 15) is 4.79 Å². The van der Waals surface area contributed by atoms with Crippen LogP contribution >= 0.6 is 0 Å². The zero-order valence-corrected chi connectivity index (χ0v) is 11.4. The van der Waals surface area contributed by atoms with Crippen molar-refractivity contribution in [2.24, 2.45) is 0 Å². The molecule has 19 heavy (non-hydrogen) atoms. The van der Waals surface area contributed by atoms with Crippen LogP contribution in [0.5, 0.6) is 0 Å². The Morgan fingerprint density at radius 1 is 1.26 bits per heavy atom. The Hall–Kier alpha value is -2.30. The number of likely N-dealkylation sites (N-methyl/N-ethyl adjacent to an activating group) is 2. The lowest BCUT2D eigenvalue weighted by molar-refractivity contribution is -0.127. The summed E-state index contributed by atoms with van der Waals surface area (Å²) in [7, 11) is 5.37. The van der Waals surface area contributed by atoms with Crippen molar-refractivity contribution in [1.82, 2.24) is 9.88 Å². The maximum Gasteiger partial charge on any atom is 0.241 e. The lowest BCUT2D eigenvalue weighted by atomic mass is 10.1. The zero-order valence-electron chi connectivity index (χ0n) is 11.4. The molecule has 1 amide bonds. The third-order valence-corrected chi connectivity index (χ3v) is 3.06. The van der Waals surface area contributed by atoms with Crippen molar-refractivity contribution in [1.29, 1.82) is 0 Å². The standard InChI is InChI=1S/C14H18N4O/c1-17(2)13(19)9-18(3)12-7-6-11(15)10-5-4-8-16-14(10)12/h4-8H,9,15H2,1-3H3. The molecule has 0 saturated carbocycles. The maximum atomic E-state index is 11.8. The third kappa shape index (κ3) is 2.59. The molecule has 1 aromatic carbocycles. The molecule has 5 nitrogen and oxygen atoms in total. The molecule has 1 heterocycles. The number of amides is 1. The summed E-state index contributed by atoms with van der Waals surface area (Å²) in [6.45, 7) is 0.308. The molecular formula is C14H18N4O. The normalized spacial score (nSPS) is 10.5. The maximum absolute atomic E-state index is 11.8. The molecule has 0 spiro atoms. The van der Waals surface area contributed by atoms with Crippen LogP contribution in [0.1, 0.15) is 0 Å². The predicted octanol–water partition coefficient (Wildman–Crippen LogP) is 1.34. The first kappa shape index (κ1) is 13.1. The minimum Gasteiger partial charge on any atom is -0.398 e. The van der Waals surface area contributed by atoms with Crippen LogP contribution in [-0.4, -0.2) is 43.5 Å². The predicted molar refractivity (Wildman–Crippen MR) is 78.1 cm³/mol. The number of carbonyl (C=O) groups excluding carboxylic acids is 1. The van der Waals surface area contributed by atoms with Gasteiger partial charge in [0.1, 0.15) is 0 Å². The smallest absolute Gasteiger partial charge is 0.241 e. The van der Waals surface area contributed by atoms with E-state index in [0.29, 0.717) is 12.2 Å². The second kappa shape index (κ2) is 5.14. The van der Waals surface area contributed by atoms with Gasteiger partial charge in [-0.25, -0.2) is 0 Å². The van der Waals surface area contributed by atoms with Gasteiger partial charge in [0.15, 0.2) is 0 Å². The summed E-state index contributed by atoms with van der Waals surface area (Å²) in [5.74, 6) is 0.0448. The number of aromatic nitrogens is 1. The van der Waals surface area contributed by atoms with E-state index in [1.165, 1.54) is 0 Å². The summed E-state index contributed by atoms with van der Waals surface area (Å²) < 4.78 is 0. The van der Waals surface area contributed by atoms with E-state index < -0.39 is 0 Å². The molecule has 1 aromatic heterocycles. The topological polar surface area (TPSA) is 62.5 Å². The van der Waals surface area contributed by atoms with Crippen LogP contribution in [0.4, 0.5) is 11.4 Å². The third-order valence-electron chi connectivity index (χ3n) is 3.06. The van der Waals surface area contributed by atoms with Gasteiger partial charge in [-0.2, -0.15) is 0 Å². The number of benzene rings is 1. The fraction of sp³-hybridized carbons (Fsp3) is 0.286. The number of pyridine rings is 1. The second-order valence-electron chi connectivity index (χ2n) is 4.72. The molecular weight excluding hydrogens is 240 g/mol. The SMILES string of the molecule is CN(C)C(=O)CN(C)c1ccc(N)c2cccnc12. The number of hydrogen-bond donors (Lipinski definition) is 1. The van der Waals surface area contributed by atoms with E-state index >= 15 is 0 Å². The summed E-state index contributed by atoms with van der Waals surface area (Å²) in [5, 5.41) is 0.907. The molecule has 0 radical (unpaired) electrons. The molecule has 5 heteroatoms. The van der Waals surface area contributed by atoms with Gasteiger partial charge in [-0.3, -0.25) is 9.78 Å². The Morgan fingerprint density at radius 3 is 2.68 bits per heavy atom. The number of nitrogen functional groups attached to an aromatic ring is 1. The molecule has 0 unspecified atom stereocenters. The minimum absolute atomic E-state index is 0.0448. The molecule has 0 aliphatic rings. The number of fused-ring (bicyclic) bond motifs is 1. The lowest BCUT2D eigenvalue weighted by Gasteiger charge is -2.22. The van der Waals surface area contributed by atoms with Gasteiger partial charge in [0.05, 0.1) is 17.7 Å². The lowest BCUT2D eigenvalue weighted by Crippen LogP contribution is -2.34. The number of hydrogen-bond acceptors (Lipinski definition) is 4. The molecule has 2 aromatic rings. The summed E-state index contributed by atoms with van der Waals surface area (Å²) in [6, 6.07) is 7.53. The highest BCUT2D eigenvalue weighted by Crippen LogP contribution is 2.28. The van der Waals surface area contributed by atoms with Gasteiger partial charge in [0.2, 0.25) is 5.91 Å². The van der Waals surface area contributed by atoms with E-state index in [4.69, 9.17) is 5.73 Å². The van der Waals surface area contributed by atoms with E-state index in [1.54, 1.807) is 25.2 Å². The van der Waals surface area contributed by atoms with Gasteiger partial charge >= 0.3 is 0 Å².